The lowest BCUT2D eigenvalue weighted by atomic mass is 10.1. The average molecular weight is 354 g/mol. The Labute approximate surface area is 149 Å². The van der Waals surface area contributed by atoms with Crippen LogP contribution < -0.4 is 16.0 Å². The number of benzene rings is 2. The smallest absolute Gasteiger partial charge is 0.323 e. The molecule has 0 radical (unpaired) electrons. The number of nitro benzene ring substituents is 1. The Kier molecular flexibility index (Phi) is 5.12. The topological polar surface area (TPSA) is 113 Å². The molecule has 8 heteroatoms. The van der Waals surface area contributed by atoms with Crippen LogP contribution in [-0.2, 0) is 0 Å². The minimum atomic E-state index is -0.590. The lowest BCUT2D eigenvalue weighted by Gasteiger charge is -2.12. The number of rotatable bonds is 6. The number of hydrogen-bond acceptors (Lipinski definition) is 4. The highest BCUT2D eigenvalue weighted by Gasteiger charge is 2.22. The number of carbonyl (C=O) groups is 2. The van der Waals surface area contributed by atoms with Crippen LogP contribution in [0.5, 0.6) is 0 Å². The number of nitrogens with one attached hydrogen (secondary N) is 3. The number of para-hydroxylation sites is 1. The number of nitro groups is 1. The molecule has 0 heterocycles. The Balaban J connectivity index is 1.66. The number of carbonyl (C=O) groups excluding carboxylic acids is 2. The maximum atomic E-state index is 12.3. The molecular formula is C18H18N4O4. The molecule has 0 spiro atoms. The second kappa shape index (κ2) is 7.64. The van der Waals surface area contributed by atoms with Crippen LogP contribution >= 0.6 is 0 Å². The van der Waals surface area contributed by atoms with Crippen molar-refractivity contribution in [3.8, 4) is 0 Å². The van der Waals surface area contributed by atoms with Gasteiger partial charge in [-0.15, -0.1) is 0 Å². The summed E-state index contributed by atoms with van der Waals surface area (Å²) < 4.78 is 0. The molecule has 0 atom stereocenters. The molecule has 0 aromatic heterocycles. The molecule has 8 nitrogen and oxygen atoms in total. The summed E-state index contributed by atoms with van der Waals surface area (Å²) in [6.45, 7) is 0.632. The predicted molar refractivity (Wildman–Crippen MR) is 97.2 cm³/mol. The van der Waals surface area contributed by atoms with Gasteiger partial charge in [0.1, 0.15) is 0 Å². The first-order chi connectivity index (χ1) is 12.5. The fraction of sp³-hybridized carbons (Fsp3) is 0.222. The summed E-state index contributed by atoms with van der Waals surface area (Å²) in [4.78, 5) is 34.7. The molecule has 0 aliphatic heterocycles. The van der Waals surface area contributed by atoms with E-state index in [9.17, 15) is 19.7 Å². The third-order valence-electron chi connectivity index (χ3n) is 3.98. The van der Waals surface area contributed by atoms with E-state index in [4.69, 9.17) is 0 Å². The molecule has 3 amide bonds. The van der Waals surface area contributed by atoms with E-state index in [1.165, 1.54) is 18.2 Å². The minimum absolute atomic E-state index is 0.123. The molecule has 1 aliphatic carbocycles. The second-order valence-electron chi connectivity index (χ2n) is 6.09. The molecule has 2 aromatic rings. The average Bonchev–Trinajstić information content (AvgIpc) is 3.44. The highest BCUT2D eigenvalue weighted by atomic mass is 16.6. The van der Waals surface area contributed by atoms with E-state index in [0.717, 1.165) is 12.8 Å². The van der Waals surface area contributed by atoms with Gasteiger partial charge >= 0.3 is 6.03 Å². The van der Waals surface area contributed by atoms with Crippen LogP contribution in [0.1, 0.15) is 23.2 Å². The van der Waals surface area contributed by atoms with Crippen molar-refractivity contribution in [2.24, 2.45) is 5.92 Å². The zero-order valence-corrected chi connectivity index (χ0v) is 13.9. The first kappa shape index (κ1) is 17.4. The van der Waals surface area contributed by atoms with Crippen LogP contribution in [0, 0.1) is 16.0 Å². The third-order valence-corrected chi connectivity index (χ3v) is 3.98. The third kappa shape index (κ3) is 4.56. The molecule has 0 bridgehead atoms. The number of amides is 3. The quantitative estimate of drug-likeness (QED) is 0.545. The molecule has 134 valence electrons. The van der Waals surface area contributed by atoms with Gasteiger partial charge in [0, 0.05) is 24.4 Å². The van der Waals surface area contributed by atoms with E-state index in [1.807, 2.05) is 0 Å². The van der Waals surface area contributed by atoms with Gasteiger partial charge in [-0.3, -0.25) is 14.9 Å². The number of urea groups is 1. The van der Waals surface area contributed by atoms with Crippen molar-refractivity contribution in [1.82, 2.24) is 5.32 Å². The van der Waals surface area contributed by atoms with Gasteiger partial charge in [-0.25, -0.2) is 4.79 Å². The van der Waals surface area contributed by atoms with E-state index >= 15 is 0 Å². The van der Waals surface area contributed by atoms with E-state index < -0.39 is 11.0 Å². The normalized spacial score (nSPS) is 12.9. The SMILES string of the molecule is O=C(Nc1cccc([N+](=O)[O-])c1)Nc1ccccc1C(=O)NCC1CC1. The van der Waals surface area contributed by atoms with Crippen LogP contribution in [-0.4, -0.2) is 23.4 Å². The monoisotopic (exact) mass is 354 g/mol. The van der Waals surface area contributed by atoms with Crippen LogP contribution in [0.4, 0.5) is 21.9 Å². The summed E-state index contributed by atoms with van der Waals surface area (Å²) in [5.74, 6) is 0.305. The maximum absolute atomic E-state index is 12.3. The van der Waals surface area contributed by atoms with Crippen LogP contribution in [0.2, 0.25) is 0 Å². The van der Waals surface area contributed by atoms with Gasteiger partial charge < -0.3 is 16.0 Å². The maximum Gasteiger partial charge on any atom is 0.323 e. The fourth-order valence-corrected chi connectivity index (χ4v) is 2.43. The Hall–Kier alpha value is -3.42. The van der Waals surface area contributed by atoms with Crippen molar-refractivity contribution in [1.29, 1.82) is 0 Å². The summed E-state index contributed by atoms with van der Waals surface area (Å²) in [7, 11) is 0. The molecule has 0 unspecified atom stereocenters. The van der Waals surface area contributed by atoms with Gasteiger partial charge in [0.05, 0.1) is 16.2 Å². The molecular weight excluding hydrogens is 336 g/mol. The molecule has 2 aromatic carbocycles. The number of nitrogens with zero attached hydrogens (tertiary/aromatic N) is 1. The molecule has 0 saturated heterocycles. The van der Waals surface area contributed by atoms with Gasteiger partial charge in [-0.2, -0.15) is 0 Å². The number of non-ortho nitro benzene ring substituents is 1. The standard InChI is InChI=1S/C18H18N4O4/c23-17(19-11-12-8-9-12)15-6-1-2-7-16(15)21-18(24)20-13-4-3-5-14(10-13)22(25)26/h1-7,10,12H,8-9,11H2,(H,19,23)(H2,20,21,24). The first-order valence-electron chi connectivity index (χ1n) is 8.22. The minimum Gasteiger partial charge on any atom is -0.352 e. The van der Waals surface area contributed by atoms with E-state index in [-0.39, 0.29) is 17.3 Å². The molecule has 3 rings (SSSR count). The second-order valence-corrected chi connectivity index (χ2v) is 6.09. The van der Waals surface area contributed by atoms with E-state index in [2.05, 4.69) is 16.0 Å². The zero-order chi connectivity index (χ0) is 18.5. The zero-order valence-electron chi connectivity index (χ0n) is 13.9. The van der Waals surface area contributed by atoms with Crippen LogP contribution in [0.3, 0.4) is 0 Å². The van der Waals surface area contributed by atoms with E-state index in [1.54, 1.807) is 30.3 Å². The Morgan fingerprint density at radius 1 is 1.08 bits per heavy atom. The van der Waals surface area contributed by atoms with Crippen molar-refractivity contribution in [2.45, 2.75) is 12.8 Å². The summed E-state index contributed by atoms with van der Waals surface area (Å²) >= 11 is 0. The summed E-state index contributed by atoms with van der Waals surface area (Å²) in [6.07, 6.45) is 2.26. The summed E-state index contributed by atoms with van der Waals surface area (Å²) in [6, 6.07) is 11.7. The van der Waals surface area contributed by atoms with Crippen molar-refractivity contribution in [2.75, 3.05) is 17.2 Å². The molecule has 26 heavy (non-hydrogen) atoms. The summed E-state index contributed by atoms with van der Waals surface area (Å²) in [5.41, 5.74) is 0.890. The summed E-state index contributed by atoms with van der Waals surface area (Å²) in [5, 5.41) is 18.8. The van der Waals surface area contributed by atoms with Crippen LogP contribution in [0.15, 0.2) is 48.5 Å². The first-order valence-corrected chi connectivity index (χ1v) is 8.22. The fourth-order valence-electron chi connectivity index (χ4n) is 2.43. The molecule has 3 N–H and O–H groups in total. The Morgan fingerprint density at radius 2 is 1.85 bits per heavy atom. The lowest BCUT2D eigenvalue weighted by molar-refractivity contribution is -0.384. The number of hydrogen-bond donors (Lipinski definition) is 3. The largest absolute Gasteiger partial charge is 0.352 e. The number of anilines is 2. The highest BCUT2D eigenvalue weighted by molar-refractivity contribution is 6.06. The van der Waals surface area contributed by atoms with Crippen molar-refractivity contribution >= 4 is 29.0 Å². The van der Waals surface area contributed by atoms with Gasteiger partial charge in [0.25, 0.3) is 11.6 Å². The van der Waals surface area contributed by atoms with Crippen LogP contribution in [0.25, 0.3) is 0 Å². The van der Waals surface area contributed by atoms with Gasteiger partial charge in [0.15, 0.2) is 0 Å². The Bertz CT molecular complexity index is 849. The van der Waals surface area contributed by atoms with E-state index in [0.29, 0.717) is 23.7 Å². The van der Waals surface area contributed by atoms with Crippen molar-refractivity contribution < 1.29 is 14.5 Å². The van der Waals surface area contributed by atoms with Gasteiger partial charge in [-0.05, 0) is 37.0 Å². The molecule has 1 saturated carbocycles. The molecule has 1 fully saturated rings. The molecule has 1 aliphatic rings. The van der Waals surface area contributed by atoms with Gasteiger partial charge in [-0.1, -0.05) is 18.2 Å². The highest BCUT2D eigenvalue weighted by Crippen LogP contribution is 2.28. The van der Waals surface area contributed by atoms with Crippen molar-refractivity contribution in [3.63, 3.8) is 0 Å². The predicted octanol–water partition coefficient (Wildman–Crippen LogP) is 3.38. The van der Waals surface area contributed by atoms with Crippen molar-refractivity contribution in [3.05, 3.63) is 64.2 Å². The lowest BCUT2D eigenvalue weighted by Crippen LogP contribution is -2.27. The Morgan fingerprint density at radius 3 is 2.58 bits per heavy atom. The van der Waals surface area contributed by atoms with Gasteiger partial charge in [0.2, 0.25) is 0 Å².